The third-order valence-electron chi connectivity index (χ3n) is 4.89. The van der Waals surface area contributed by atoms with Crippen LogP contribution in [0.3, 0.4) is 0 Å². The number of pyridine rings is 1. The molecule has 0 unspecified atom stereocenters. The van der Waals surface area contributed by atoms with Crippen LogP contribution in [-0.2, 0) is 19.6 Å². The molecule has 3 heterocycles. The van der Waals surface area contributed by atoms with E-state index in [1.165, 1.54) is 0 Å². The van der Waals surface area contributed by atoms with Crippen LogP contribution in [-0.4, -0.2) is 23.9 Å². The van der Waals surface area contributed by atoms with Crippen molar-refractivity contribution < 1.29 is 0 Å². The quantitative estimate of drug-likeness (QED) is 0.560. The molecule has 1 aromatic carbocycles. The Kier molecular flexibility index (Phi) is 4.73. The Bertz CT molecular complexity index is 1170. The number of aryl methyl sites for hydroxylation is 3. The summed E-state index contributed by atoms with van der Waals surface area (Å²) < 4.78 is 5.45. The van der Waals surface area contributed by atoms with Gasteiger partial charge in [-0.3, -0.25) is 9.13 Å². The van der Waals surface area contributed by atoms with E-state index in [-0.39, 0.29) is 5.69 Å². The number of imidazole rings is 1. The maximum atomic E-state index is 12.5. The molecule has 4 aromatic rings. The fourth-order valence-electron chi connectivity index (χ4n) is 3.56. The van der Waals surface area contributed by atoms with Crippen molar-refractivity contribution in [1.82, 2.24) is 23.9 Å². The van der Waals surface area contributed by atoms with Gasteiger partial charge in [0.05, 0.1) is 16.7 Å². The normalized spacial score (nSPS) is 11.2. The number of aromatic nitrogens is 5. The van der Waals surface area contributed by atoms with Gasteiger partial charge in [0.2, 0.25) is 0 Å². The number of anilines is 1. The number of hydrogen-bond acceptors (Lipinski definition) is 4. The zero-order valence-electron chi connectivity index (χ0n) is 16.4. The van der Waals surface area contributed by atoms with E-state index >= 15 is 0 Å². The molecule has 7 heteroatoms. The van der Waals surface area contributed by atoms with Crippen molar-refractivity contribution in [3.8, 4) is 5.82 Å². The van der Waals surface area contributed by atoms with Gasteiger partial charge in [0.1, 0.15) is 5.82 Å². The molecular formula is C21H24N6O. The first kappa shape index (κ1) is 18.0. The van der Waals surface area contributed by atoms with Gasteiger partial charge < -0.3 is 5.32 Å². The predicted octanol–water partition coefficient (Wildman–Crippen LogP) is 3.34. The van der Waals surface area contributed by atoms with Crippen LogP contribution in [0, 0.1) is 6.92 Å². The second kappa shape index (κ2) is 7.34. The third-order valence-corrected chi connectivity index (χ3v) is 4.89. The van der Waals surface area contributed by atoms with Gasteiger partial charge in [0.25, 0.3) is 0 Å². The van der Waals surface area contributed by atoms with Gasteiger partial charge in [-0.25, -0.2) is 9.78 Å². The summed E-state index contributed by atoms with van der Waals surface area (Å²) in [5.41, 5.74) is 4.03. The summed E-state index contributed by atoms with van der Waals surface area (Å²) in [4.78, 5) is 16.9. The molecule has 0 spiro atoms. The van der Waals surface area contributed by atoms with Crippen molar-refractivity contribution in [2.75, 3.05) is 5.32 Å². The Morgan fingerprint density at radius 2 is 1.79 bits per heavy atom. The Morgan fingerprint density at radius 1 is 1.00 bits per heavy atom. The van der Waals surface area contributed by atoms with Crippen LogP contribution < -0.4 is 11.0 Å². The monoisotopic (exact) mass is 376 g/mol. The Labute approximate surface area is 163 Å². The predicted molar refractivity (Wildman–Crippen MR) is 111 cm³/mol. The molecule has 0 amide bonds. The summed E-state index contributed by atoms with van der Waals surface area (Å²) in [5, 5.41) is 7.99. The summed E-state index contributed by atoms with van der Waals surface area (Å²) in [7, 11) is 0. The van der Waals surface area contributed by atoms with E-state index < -0.39 is 0 Å². The Hall–Kier alpha value is -3.35. The highest BCUT2D eigenvalue weighted by Crippen LogP contribution is 2.19. The maximum Gasteiger partial charge on any atom is 0.329 e. The Balaban J connectivity index is 1.65. The number of hydrogen-bond donors (Lipinski definition) is 1. The fraction of sp³-hybridized carbons (Fsp3) is 0.286. The number of rotatable bonds is 6. The molecule has 0 atom stereocenters. The lowest BCUT2D eigenvalue weighted by atomic mass is 10.2. The summed E-state index contributed by atoms with van der Waals surface area (Å²) in [6.45, 7) is 7.91. The van der Waals surface area contributed by atoms with Crippen molar-refractivity contribution >= 4 is 16.9 Å². The van der Waals surface area contributed by atoms with Crippen LogP contribution in [0.1, 0.15) is 25.1 Å². The molecule has 28 heavy (non-hydrogen) atoms. The lowest BCUT2D eigenvalue weighted by molar-refractivity contribution is 0.670. The van der Waals surface area contributed by atoms with Crippen LogP contribution in [0.4, 0.5) is 5.82 Å². The lowest BCUT2D eigenvalue weighted by Gasteiger charge is -2.10. The fourth-order valence-corrected chi connectivity index (χ4v) is 3.56. The first-order valence-corrected chi connectivity index (χ1v) is 9.56. The molecule has 0 aliphatic carbocycles. The molecule has 0 aliphatic heterocycles. The summed E-state index contributed by atoms with van der Waals surface area (Å²) in [6, 6.07) is 13.9. The van der Waals surface area contributed by atoms with Crippen molar-refractivity contribution in [2.45, 2.75) is 40.4 Å². The molecule has 0 saturated carbocycles. The van der Waals surface area contributed by atoms with Crippen LogP contribution in [0.2, 0.25) is 0 Å². The van der Waals surface area contributed by atoms with Gasteiger partial charge in [-0.1, -0.05) is 12.1 Å². The zero-order valence-corrected chi connectivity index (χ0v) is 16.4. The molecule has 0 fully saturated rings. The standard InChI is InChI=1S/C21H24N6O/c1-4-25-17-10-9-16(13-18(17)26(5-2)21(25)28)14-23-20-12-15(3)24-27(20)19-8-6-7-11-22-19/h6-13,23H,4-5,14H2,1-3H3. The molecule has 0 aliphatic rings. The van der Waals surface area contributed by atoms with E-state index in [1.54, 1.807) is 6.20 Å². The van der Waals surface area contributed by atoms with E-state index in [4.69, 9.17) is 0 Å². The van der Waals surface area contributed by atoms with Crippen LogP contribution in [0.25, 0.3) is 16.9 Å². The molecule has 0 radical (unpaired) electrons. The highest BCUT2D eigenvalue weighted by Gasteiger charge is 2.12. The SMILES string of the molecule is CCn1c(=O)n(CC)c2cc(CNc3cc(C)nn3-c3ccccn3)ccc21. The summed E-state index contributed by atoms with van der Waals surface area (Å²) in [6.07, 6.45) is 1.76. The first-order valence-electron chi connectivity index (χ1n) is 9.56. The van der Waals surface area contributed by atoms with Gasteiger partial charge in [-0.05, 0) is 50.6 Å². The number of fused-ring (bicyclic) bond motifs is 1. The highest BCUT2D eigenvalue weighted by atomic mass is 16.1. The van der Waals surface area contributed by atoms with Gasteiger partial charge >= 0.3 is 5.69 Å². The minimum atomic E-state index is 0.0500. The number of nitrogens with one attached hydrogen (secondary N) is 1. The largest absolute Gasteiger partial charge is 0.366 e. The molecular weight excluding hydrogens is 352 g/mol. The minimum absolute atomic E-state index is 0.0500. The summed E-state index contributed by atoms with van der Waals surface area (Å²) >= 11 is 0. The molecule has 144 valence electrons. The first-order chi connectivity index (χ1) is 13.6. The van der Waals surface area contributed by atoms with Gasteiger partial charge in [-0.15, -0.1) is 0 Å². The topological polar surface area (TPSA) is 69.7 Å². The minimum Gasteiger partial charge on any atom is -0.366 e. The molecule has 0 saturated heterocycles. The van der Waals surface area contributed by atoms with Crippen molar-refractivity contribution in [3.05, 3.63) is 70.4 Å². The van der Waals surface area contributed by atoms with Crippen LogP contribution >= 0.6 is 0 Å². The second-order valence-electron chi connectivity index (χ2n) is 6.72. The van der Waals surface area contributed by atoms with E-state index in [9.17, 15) is 4.79 Å². The van der Waals surface area contributed by atoms with E-state index in [0.29, 0.717) is 19.6 Å². The molecule has 4 rings (SSSR count). The molecule has 0 bridgehead atoms. The van der Waals surface area contributed by atoms with Gasteiger partial charge in [0.15, 0.2) is 5.82 Å². The van der Waals surface area contributed by atoms with Crippen molar-refractivity contribution in [1.29, 1.82) is 0 Å². The van der Waals surface area contributed by atoms with Gasteiger partial charge in [-0.2, -0.15) is 9.78 Å². The molecule has 7 nitrogen and oxygen atoms in total. The van der Waals surface area contributed by atoms with E-state index in [0.717, 1.165) is 33.9 Å². The highest BCUT2D eigenvalue weighted by molar-refractivity contribution is 5.77. The number of nitrogens with zero attached hydrogens (tertiary/aromatic N) is 5. The Morgan fingerprint density at radius 3 is 2.50 bits per heavy atom. The average molecular weight is 376 g/mol. The van der Waals surface area contributed by atoms with Crippen LogP contribution in [0.15, 0.2) is 53.5 Å². The van der Waals surface area contributed by atoms with E-state index in [2.05, 4.69) is 27.5 Å². The van der Waals surface area contributed by atoms with Crippen LogP contribution in [0.5, 0.6) is 0 Å². The molecule has 1 N–H and O–H groups in total. The van der Waals surface area contributed by atoms with E-state index in [1.807, 2.05) is 64.9 Å². The third kappa shape index (κ3) is 3.09. The maximum absolute atomic E-state index is 12.5. The van der Waals surface area contributed by atoms with Crippen molar-refractivity contribution in [2.24, 2.45) is 0 Å². The molecule has 3 aromatic heterocycles. The van der Waals surface area contributed by atoms with Crippen molar-refractivity contribution in [3.63, 3.8) is 0 Å². The smallest absolute Gasteiger partial charge is 0.329 e. The zero-order chi connectivity index (χ0) is 19.7. The lowest BCUT2D eigenvalue weighted by Crippen LogP contribution is -2.23. The summed E-state index contributed by atoms with van der Waals surface area (Å²) in [5.74, 6) is 1.66. The average Bonchev–Trinajstić information content (AvgIpc) is 3.22. The second-order valence-corrected chi connectivity index (χ2v) is 6.72. The van der Waals surface area contributed by atoms with Gasteiger partial charge in [0, 0.05) is 31.9 Å². The number of benzene rings is 1.